The second kappa shape index (κ2) is 6.59. The number of carbonyl (C=O) groups excluding carboxylic acids is 1. The third-order valence-electron chi connectivity index (χ3n) is 2.22. The summed E-state index contributed by atoms with van der Waals surface area (Å²) in [7, 11) is 1.67. The lowest BCUT2D eigenvalue weighted by Crippen LogP contribution is -2.31. The highest BCUT2D eigenvalue weighted by Gasteiger charge is 2.17. The molecule has 0 spiro atoms. The Morgan fingerprint density at radius 1 is 1.59 bits per heavy atom. The predicted octanol–water partition coefficient (Wildman–Crippen LogP) is 1.50. The standard InChI is InChI=1S/C12H16ClNO3/c1-3-17-11-5-4-8(6-9(11)13)12(16)10(15)7-14-2/h4-6,10,14-15H,3,7H2,1-2H3. The number of carbonyl (C=O) groups is 1. The van der Waals surface area contributed by atoms with E-state index in [0.717, 1.165) is 0 Å². The number of aliphatic hydroxyl groups excluding tert-OH is 1. The molecule has 0 aliphatic rings. The molecule has 1 rings (SSSR count). The Kier molecular flexibility index (Phi) is 5.41. The lowest BCUT2D eigenvalue weighted by atomic mass is 10.1. The molecule has 0 saturated carbocycles. The van der Waals surface area contributed by atoms with Crippen molar-refractivity contribution in [3.05, 3.63) is 28.8 Å². The first-order chi connectivity index (χ1) is 8.10. The quantitative estimate of drug-likeness (QED) is 0.759. The van der Waals surface area contributed by atoms with Gasteiger partial charge in [0.15, 0.2) is 5.78 Å². The molecule has 17 heavy (non-hydrogen) atoms. The van der Waals surface area contributed by atoms with E-state index < -0.39 is 6.10 Å². The number of benzene rings is 1. The van der Waals surface area contributed by atoms with Gasteiger partial charge in [-0.25, -0.2) is 0 Å². The molecule has 0 amide bonds. The molecule has 94 valence electrons. The molecular formula is C12H16ClNO3. The van der Waals surface area contributed by atoms with E-state index in [1.807, 2.05) is 6.92 Å². The van der Waals surface area contributed by atoms with Crippen LogP contribution in [0.1, 0.15) is 17.3 Å². The van der Waals surface area contributed by atoms with E-state index in [4.69, 9.17) is 16.3 Å². The minimum atomic E-state index is -1.06. The summed E-state index contributed by atoms with van der Waals surface area (Å²) >= 11 is 5.96. The van der Waals surface area contributed by atoms with E-state index in [0.29, 0.717) is 22.9 Å². The Morgan fingerprint density at radius 2 is 2.29 bits per heavy atom. The molecule has 0 aliphatic carbocycles. The van der Waals surface area contributed by atoms with Crippen LogP contribution < -0.4 is 10.1 Å². The summed E-state index contributed by atoms with van der Waals surface area (Å²) in [6, 6.07) is 4.73. The highest BCUT2D eigenvalue weighted by atomic mass is 35.5. The number of rotatable bonds is 6. The van der Waals surface area contributed by atoms with Crippen molar-refractivity contribution in [2.75, 3.05) is 20.2 Å². The van der Waals surface area contributed by atoms with Crippen LogP contribution in [0, 0.1) is 0 Å². The smallest absolute Gasteiger partial charge is 0.192 e. The highest BCUT2D eigenvalue weighted by molar-refractivity contribution is 6.32. The van der Waals surface area contributed by atoms with Crippen LogP contribution in [0.25, 0.3) is 0 Å². The summed E-state index contributed by atoms with van der Waals surface area (Å²) in [6.07, 6.45) is -1.06. The monoisotopic (exact) mass is 257 g/mol. The molecule has 0 fully saturated rings. The van der Waals surface area contributed by atoms with Gasteiger partial charge in [0.1, 0.15) is 11.9 Å². The molecule has 0 aromatic heterocycles. The lowest BCUT2D eigenvalue weighted by molar-refractivity contribution is 0.0750. The number of Topliss-reactive ketones (excluding diaryl/α,β-unsaturated/α-hetero) is 1. The van der Waals surface area contributed by atoms with Gasteiger partial charge in [0.05, 0.1) is 11.6 Å². The predicted molar refractivity (Wildman–Crippen MR) is 66.9 cm³/mol. The summed E-state index contributed by atoms with van der Waals surface area (Å²) in [5.41, 5.74) is 0.376. The first-order valence-corrected chi connectivity index (χ1v) is 5.77. The van der Waals surface area contributed by atoms with Crippen molar-refractivity contribution in [2.45, 2.75) is 13.0 Å². The Bertz CT molecular complexity index is 395. The number of ketones is 1. The van der Waals surface area contributed by atoms with Gasteiger partial charge < -0.3 is 15.2 Å². The zero-order valence-corrected chi connectivity index (χ0v) is 10.6. The van der Waals surface area contributed by atoms with Crippen molar-refractivity contribution < 1.29 is 14.6 Å². The van der Waals surface area contributed by atoms with Crippen LogP contribution in [0.4, 0.5) is 0 Å². The molecule has 4 nitrogen and oxygen atoms in total. The van der Waals surface area contributed by atoms with Crippen molar-refractivity contribution in [3.8, 4) is 5.75 Å². The normalized spacial score (nSPS) is 12.2. The minimum absolute atomic E-state index is 0.212. The molecule has 1 atom stereocenters. The summed E-state index contributed by atoms with van der Waals surface area (Å²) < 4.78 is 5.26. The van der Waals surface area contributed by atoms with Gasteiger partial charge in [-0.2, -0.15) is 0 Å². The van der Waals surface area contributed by atoms with Crippen LogP contribution >= 0.6 is 11.6 Å². The summed E-state index contributed by atoms with van der Waals surface area (Å²) in [5.74, 6) is 0.179. The largest absolute Gasteiger partial charge is 0.492 e. The summed E-state index contributed by atoms with van der Waals surface area (Å²) in [4.78, 5) is 11.8. The highest BCUT2D eigenvalue weighted by Crippen LogP contribution is 2.25. The maximum atomic E-state index is 11.8. The summed E-state index contributed by atoms with van der Waals surface area (Å²) in [5, 5.41) is 12.7. The van der Waals surface area contributed by atoms with Gasteiger partial charge in [-0.3, -0.25) is 4.79 Å². The Morgan fingerprint density at radius 3 is 2.82 bits per heavy atom. The SMILES string of the molecule is CCOc1ccc(C(=O)C(O)CNC)cc1Cl. The fourth-order valence-electron chi connectivity index (χ4n) is 1.41. The first kappa shape index (κ1) is 14.0. The van der Waals surface area contributed by atoms with E-state index in [1.54, 1.807) is 19.2 Å². The van der Waals surface area contributed by atoms with Crippen LogP contribution in [-0.2, 0) is 0 Å². The van der Waals surface area contributed by atoms with E-state index in [-0.39, 0.29) is 12.3 Å². The van der Waals surface area contributed by atoms with Crippen LogP contribution in [0.2, 0.25) is 5.02 Å². The molecule has 2 N–H and O–H groups in total. The van der Waals surface area contributed by atoms with E-state index in [1.165, 1.54) is 6.07 Å². The van der Waals surface area contributed by atoms with Gasteiger partial charge in [0.2, 0.25) is 0 Å². The fourth-order valence-corrected chi connectivity index (χ4v) is 1.64. The van der Waals surface area contributed by atoms with E-state index in [2.05, 4.69) is 5.32 Å². The first-order valence-electron chi connectivity index (χ1n) is 5.39. The summed E-state index contributed by atoms with van der Waals surface area (Å²) in [6.45, 7) is 2.57. The van der Waals surface area contributed by atoms with Gasteiger partial charge in [-0.05, 0) is 32.2 Å². The molecule has 5 heteroatoms. The Labute approximate surface area is 106 Å². The third-order valence-corrected chi connectivity index (χ3v) is 2.51. The number of likely N-dealkylation sites (N-methyl/N-ethyl adjacent to an activating group) is 1. The molecule has 0 aliphatic heterocycles. The number of nitrogens with one attached hydrogen (secondary N) is 1. The lowest BCUT2D eigenvalue weighted by Gasteiger charge is -2.10. The minimum Gasteiger partial charge on any atom is -0.492 e. The number of ether oxygens (including phenoxy) is 1. The number of aliphatic hydroxyl groups is 1. The van der Waals surface area contributed by atoms with Crippen LogP contribution in [0.3, 0.4) is 0 Å². The molecular weight excluding hydrogens is 242 g/mol. The van der Waals surface area contributed by atoms with Crippen LogP contribution in [0.15, 0.2) is 18.2 Å². The van der Waals surface area contributed by atoms with Crippen molar-refractivity contribution in [3.63, 3.8) is 0 Å². The molecule has 0 heterocycles. The van der Waals surface area contributed by atoms with Gasteiger partial charge in [-0.1, -0.05) is 11.6 Å². The molecule has 0 radical (unpaired) electrons. The van der Waals surface area contributed by atoms with Crippen molar-refractivity contribution in [1.82, 2.24) is 5.32 Å². The zero-order valence-electron chi connectivity index (χ0n) is 9.87. The second-order valence-electron chi connectivity index (χ2n) is 3.52. The Hall–Kier alpha value is -1.10. The Balaban J connectivity index is 2.85. The zero-order chi connectivity index (χ0) is 12.8. The maximum Gasteiger partial charge on any atom is 0.192 e. The van der Waals surface area contributed by atoms with Crippen LogP contribution in [0.5, 0.6) is 5.75 Å². The van der Waals surface area contributed by atoms with Crippen molar-refractivity contribution >= 4 is 17.4 Å². The number of hydrogen-bond acceptors (Lipinski definition) is 4. The average molecular weight is 258 g/mol. The van der Waals surface area contributed by atoms with Crippen LogP contribution in [-0.4, -0.2) is 37.2 Å². The van der Waals surface area contributed by atoms with Crippen molar-refractivity contribution in [2.24, 2.45) is 0 Å². The van der Waals surface area contributed by atoms with Crippen molar-refractivity contribution in [1.29, 1.82) is 0 Å². The van der Waals surface area contributed by atoms with E-state index in [9.17, 15) is 9.90 Å². The maximum absolute atomic E-state index is 11.8. The average Bonchev–Trinajstić information content (AvgIpc) is 2.31. The third kappa shape index (κ3) is 3.70. The van der Waals surface area contributed by atoms with Gasteiger partial charge >= 0.3 is 0 Å². The topological polar surface area (TPSA) is 58.6 Å². The molecule has 1 aromatic rings. The van der Waals surface area contributed by atoms with Gasteiger partial charge in [0.25, 0.3) is 0 Å². The molecule has 0 saturated heterocycles. The van der Waals surface area contributed by atoms with Gasteiger partial charge in [-0.15, -0.1) is 0 Å². The molecule has 0 bridgehead atoms. The molecule has 1 aromatic carbocycles. The van der Waals surface area contributed by atoms with E-state index >= 15 is 0 Å². The van der Waals surface area contributed by atoms with Gasteiger partial charge in [0, 0.05) is 12.1 Å². The second-order valence-corrected chi connectivity index (χ2v) is 3.92. The number of hydrogen-bond donors (Lipinski definition) is 2. The molecule has 1 unspecified atom stereocenters. The fraction of sp³-hybridized carbons (Fsp3) is 0.417. The number of halogens is 1.